The number of rotatable bonds is 6. The Morgan fingerprint density at radius 1 is 0.792 bits per heavy atom. The number of alkyl halides is 6. The van der Waals surface area contributed by atoms with Crippen molar-refractivity contribution in [2.45, 2.75) is 38.2 Å². The summed E-state index contributed by atoms with van der Waals surface area (Å²) in [6, 6.07) is 0. The molecule has 0 spiro atoms. The second kappa shape index (κ2) is 8.67. The third-order valence-corrected chi connectivity index (χ3v) is 5.81. The van der Waals surface area contributed by atoms with Crippen LogP contribution in [-0.2, 0) is 20.0 Å². The molecule has 0 aliphatic heterocycles. The van der Waals surface area contributed by atoms with E-state index in [0.717, 1.165) is 4.13 Å². The van der Waals surface area contributed by atoms with E-state index in [1.807, 2.05) is 0 Å². The Morgan fingerprint density at radius 3 is 1.21 bits per heavy atom. The maximum atomic E-state index is 11.4. The van der Waals surface area contributed by atoms with Gasteiger partial charge in [0.1, 0.15) is 0 Å². The normalized spacial score (nSPS) is 14.1. The molecule has 6 nitrogen and oxygen atoms in total. The molecule has 0 saturated carbocycles. The third-order valence-electron chi connectivity index (χ3n) is 3.07. The quantitative estimate of drug-likeness (QED) is 0.498. The lowest BCUT2D eigenvalue weighted by Gasteiger charge is -2.31. The van der Waals surface area contributed by atoms with E-state index in [-0.39, 0.29) is 0 Å². The van der Waals surface area contributed by atoms with E-state index < -0.39 is 31.1 Å². The molecule has 24 heavy (non-hydrogen) atoms. The highest BCUT2D eigenvalue weighted by molar-refractivity contribution is 8.13. The van der Waals surface area contributed by atoms with Crippen molar-refractivity contribution in [3.8, 4) is 0 Å². The van der Waals surface area contributed by atoms with Gasteiger partial charge in [-0.2, -0.15) is 26.3 Å². The van der Waals surface area contributed by atoms with Crippen molar-refractivity contribution in [1.82, 2.24) is 0 Å². The fraction of sp³-hybridized carbons (Fsp3) is 1.00. The molecular weight excluding hydrogens is 390 g/mol. The third kappa shape index (κ3) is 7.98. The Hall–Kier alpha value is -0.600. The number of sulfonamides is 2. The molecule has 0 aliphatic carbocycles. The van der Waals surface area contributed by atoms with Crippen molar-refractivity contribution >= 4 is 20.0 Å². The van der Waals surface area contributed by atoms with E-state index in [1.165, 1.54) is 30.5 Å². The van der Waals surface area contributed by atoms with Crippen LogP contribution >= 0.6 is 0 Å². The summed E-state index contributed by atoms with van der Waals surface area (Å²) in [5, 5.41) is 0. The topological polar surface area (TPSA) is 82.4 Å². The Morgan fingerprint density at radius 2 is 1.08 bits per heavy atom. The lowest BCUT2D eigenvalue weighted by atomic mass is 10.3. The van der Waals surface area contributed by atoms with Crippen molar-refractivity contribution < 1.29 is 47.7 Å². The van der Waals surface area contributed by atoms with Gasteiger partial charge in [-0.25, -0.2) is 16.8 Å². The summed E-state index contributed by atoms with van der Waals surface area (Å²) in [7, 11) is -11.1. The van der Waals surface area contributed by atoms with Crippen molar-refractivity contribution in [2.75, 3.05) is 26.7 Å². The summed E-state index contributed by atoms with van der Waals surface area (Å²) in [5.74, 6) is 0. The molecule has 0 aromatic carbocycles. The van der Waals surface area contributed by atoms with Gasteiger partial charge in [0.2, 0.25) is 0 Å². The summed E-state index contributed by atoms with van der Waals surface area (Å²) in [6.45, 7) is 10.6. The minimum absolute atomic E-state index is 0.778. The molecule has 0 saturated heterocycles. The van der Waals surface area contributed by atoms with Crippen LogP contribution in [0.25, 0.3) is 4.13 Å². The Bertz CT molecular complexity index is 537. The van der Waals surface area contributed by atoms with Gasteiger partial charge in [-0.05, 0) is 20.3 Å². The van der Waals surface area contributed by atoms with Crippen LogP contribution in [0.2, 0.25) is 0 Å². The van der Waals surface area contributed by atoms with Crippen LogP contribution in [0, 0.1) is 0 Å². The summed E-state index contributed by atoms with van der Waals surface area (Å²) < 4.78 is 110. The highest BCUT2D eigenvalue weighted by Crippen LogP contribution is 2.36. The molecule has 0 radical (unpaired) electrons. The van der Waals surface area contributed by atoms with Gasteiger partial charge < -0.3 is 8.61 Å². The smallest absolute Gasteiger partial charge is 0.421 e. The van der Waals surface area contributed by atoms with Gasteiger partial charge in [-0.1, -0.05) is 6.92 Å². The first kappa shape index (κ1) is 25.6. The molecule has 0 amide bonds. The van der Waals surface area contributed by atoms with Crippen LogP contribution < -0.4 is 0 Å². The maximum Gasteiger partial charge on any atom is 0.480 e. The molecule has 0 aliphatic rings. The van der Waals surface area contributed by atoms with Crippen molar-refractivity contribution in [1.29, 1.82) is 0 Å². The van der Waals surface area contributed by atoms with Gasteiger partial charge in [-0.15, -0.1) is 0 Å². The molecule has 148 valence electrons. The highest BCUT2D eigenvalue weighted by Gasteiger charge is 2.46. The van der Waals surface area contributed by atoms with Crippen molar-refractivity contribution in [3.05, 3.63) is 4.13 Å². The van der Waals surface area contributed by atoms with Gasteiger partial charge >= 0.3 is 11.0 Å². The SMILES string of the molecule is CCC[N+](C)(CC)CC.O=S(=O)([N-]S(=O)(=O)C(F)(F)F)C(F)(F)F. The predicted octanol–water partition coefficient (Wildman–Crippen LogP) is 2.94. The van der Waals surface area contributed by atoms with Gasteiger partial charge in [0.15, 0.2) is 20.0 Å². The molecule has 0 fully saturated rings. The van der Waals surface area contributed by atoms with Gasteiger partial charge in [0, 0.05) is 0 Å². The number of hydrogen-bond donors (Lipinski definition) is 0. The van der Waals surface area contributed by atoms with Gasteiger partial charge in [-0.3, -0.25) is 0 Å². The number of halogens is 6. The van der Waals surface area contributed by atoms with Crippen LogP contribution in [0.3, 0.4) is 0 Å². The average molecular weight is 410 g/mol. The zero-order valence-electron chi connectivity index (χ0n) is 13.4. The van der Waals surface area contributed by atoms with Crippen LogP contribution in [0.5, 0.6) is 0 Å². The summed E-state index contributed by atoms with van der Waals surface area (Å²) in [5.41, 5.74) is -12.4. The maximum absolute atomic E-state index is 11.4. The molecule has 0 rings (SSSR count). The highest BCUT2D eigenvalue weighted by atomic mass is 32.3. The Labute approximate surface area is 137 Å². The first-order valence-corrected chi connectivity index (χ1v) is 9.47. The first-order chi connectivity index (χ1) is 10.4. The minimum Gasteiger partial charge on any atom is -0.421 e. The number of quaternary nitrogens is 1. The van der Waals surface area contributed by atoms with Crippen LogP contribution in [-0.4, -0.2) is 59.0 Å². The van der Waals surface area contributed by atoms with Crippen LogP contribution in [0.4, 0.5) is 26.3 Å². The average Bonchev–Trinajstić information content (AvgIpc) is 2.35. The lowest BCUT2D eigenvalue weighted by molar-refractivity contribution is -0.906. The summed E-state index contributed by atoms with van der Waals surface area (Å²) in [4.78, 5) is 0. The monoisotopic (exact) mass is 410 g/mol. The van der Waals surface area contributed by atoms with Crippen molar-refractivity contribution in [2.24, 2.45) is 0 Å². The van der Waals surface area contributed by atoms with Gasteiger partial charge in [0.05, 0.1) is 26.7 Å². The second-order valence-electron chi connectivity index (χ2n) is 4.89. The fourth-order valence-electron chi connectivity index (χ4n) is 1.29. The van der Waals surface area contributed by atoms with E-state index in [4.69, 9.17) is 0 Å². The number of nitrogens with zero attached hydrogens (tertiary/aromatic N) is 2. The molecule has 0 aromatic heterocycles. The summed E-state index contributed by atoms with van der Waals surface area (Å²) >= 11 is 0. The van der Waals surface area contributed by atoms with Gasteiger partial charge in [0.25, 0.3) is 0 Å². The van der Waals surface area contributed by atoms with E-state index in [2.05, 4.69) is 27.8 Å². The first-order valence-electron chi connectivity index (χ1n) is 6.59. The van der Waals surface area contributed by atoms with Crippen LogP contribution in [0.15, 0.2) is 0 Å². The predicted molar refractivity (Wildman–Crippen MR) is 75.7 cm³/mol. The van der Waals surface area contributed by atoms with Crippen molar-refractivity contribution in [3.63, 3.8) is 0 Å². The molecule has 14 heteroatoms. The van der Waals surface area contributed by atoms with Crippen LogP contribution in [0.1, 0.15) is 27.2 Å². The molecule has 0 heterocycles. The molecule has 0 atom stereocenters. The van der Waals surface area contributed by atoms with E-state index in [1.54, 1.807) is 0 Å². The molecule has 0 bridgehead atoms. The molecule has 0 aromatic rings. The van der Waals surface area contributed by atoms with E-state index >= 15 is 0 Å². The Balaban J connectivity index is 0. The second-order valence-corrected chi connectivity index (χ2v) is 8.31. The molecular formula is C10H20F6N2O4S2. The standard InChI is InChI=1S/C8H20N.C2F6NO4S2/c1-5-8-9(4,6-2)7-3;3-1(4,5)14(10,11)9-15(12,13)2(6,7)8/h5-8H2,1-4H3;/q+1;-1. The Kier molecular flexibility index (Phi) is 9.26. The van der Waals surface area contributed by atoms with E-state index in [0.29, 0.717) is 0 Å². The molecule has 0 N–H and O–H groups in total. The van der Waals surface area contributed by atoms with E-state index in [9.17, 15) is 43.2 Å². The number of hydrogen-bond acceptors (Lipinski definition) is 4. The fourth-order valence-corrected chi connectivity index (χ4v) is 3.00. The zero-order chi connectivity index (χ0) is 20.0. The summed E-state index contributed by atoms with van der Waals surface area (Å²) in [6.07, 6.45) is 1.30. The minimum atomic E-state index is -6.72. The largest absolute Gasteiger partial charge is 0.480 e. The zero-order valence-corrected chi connectivity index (χ0v) is 15.1. The lowest BCUT2D eigenvalue weighted by Crippen LogP contribution is -2.43. The molecule has 0 unspecified atom stereocenters.